The molecule has 0 atom stereocenters. The van der Waals surface area contributed by atoms with Crippen molar-refractivity contribution in [2.24, 2.45) is 7.05 Å². The summed E-state index contributed by atoms with van der Waals surface area (Å²) >= 11 is 0. The number of ether oxygens (including phenoxy) is 1. The fourth-order valence-electron chi connectivity index (χ4n) is 4.83. The van der Waals surface area contributed by atoms with Crippen molar-refractivity contribution in [3.63, 3.8) is 0 Å². The van der Waals surface area contributed by atoms with E-state index >= 15 is 0 Å². The number of hydrogen-bond donors (Lipinski definition) is 2. The number of aryl methyl sites for hydroxylation is 1. The fraction of sp³-hybridized carbons (Fsp3) is 0.385. The molecule has 3 aromatic heterocycles. The van der Waals surface area contributed by atoms with Crippen molar-refractivity contribution in [2.45, 2.75) is 49.6 Å². The smallest absolute Gasteiger partial charge is 0.266 e. The number of sulfonamides is 1. The van der Waals surface area contributed by atoms with Gasteiger partial charge in [0.15, 0.2) is 0 Å². The number of anilines is 1. The molecule has 12 heteroatoms. The number of nitrogens with zero attached hydrogens (tertiary/aromatic N) is 5. The van der Waals surface area contributed by atoms with Crippen LogP contribution in [0.3, 0.4) is 0 Å². The molecule has 3 heterocycles. The second-order valence-electron chi connectivity index (χ2n) is 9.32. The van der Waals surface area contributed by atoms with Crippen LogP contribution in [0.1, 0.15) is 38.6 Å². The molecule has 38 heavy (non-hydrogen) atoms. The first-order chi connectivity index (χ1) is 18.3. The van der Waals surface area contributed by atoms with Crippen LogP contribution in [0.25, 0.3) is 22.2 Å². The summed E-state index contributed by atoms with van der Waals surface area (Å²) in [6.07, 6.45) is 5.22. The SMILES string of the molecule is CCNc1cc2c(cn1)c(-c1ccc(S(=O)(=O)NC)cc1)nn2C1CCC(Oc2ccc(=O)n(C)n2)CC1. The monoisotopic (exact) mass is 537 g/mol. The quantitative estimate of drug-likeness (QED) is 0.350. The molecule has 1 aromatic carbocycles. The Kier molecular flexibility index (Phi) is 7.17. The molecule has 0 saturated heterocycles. The molecule has 0 amide bonds. The molecule has 200 valence electrons. The summed E-state index contributed by atoms with van der Waals surface area (Å²) in [6, 6.07) is 12.0. The summed E-state index contributed by atoms with van der Waals surface area (Å²) in [6.45, 7) is 2.78. The molecule has 0 radical (unpaired) electrons. The van der Waals surface area contributed by atoms with Crippen LogP contribution in [0, 0.1) is 0 Å². The molecule has 0 unspecified atom stereocenters. The van der Waals surface area contributed by atoms with E-state index in [1.807, 2.05) is 19.2 Å². The Morgan fingerprint density at radius 3 is 2.45 bits per heavy atom. The zero-order valence-electron chi connectivity index (χ0n) is 21.6. The van der Waals surface area contributed by atoms with Gasteiger partial charge in [-0.25, -0.2) is 22.8 Å². The Hall–Kier alpha value is -3.77. The molecular formula is C26H31N7O4S. The topological polar surface area (TPSA) is 133 Å². The van der Waals surface area contributed by atoms with Crippen LogP contribution in [0.2, 0.25) is 0 Å². The van der Waals surface area contributed by atoms with E-state index in [-0.39, 0.29) is 22.6 Å². The second-order valence-corrected chi connectivity index (χ2v) is 11.2. The average Bonchev–Trinajstić information content (AvgIpc) is 3.30. The van der Waals surface area contributed by atoms with Crippen molar-refractivity contribution in [2.75, 3.05) is 18.9 Å². The highest BCUT2D eigenvalue weighted by Gasteiger charge is 2.27. The van der Waals surface area contributed by atoms with E-state index < -0.39 is 10.0 Å². The van der Waals surface area contributed by atoms with Crippen molar-refractivity contribution in [3.05, 3.63) is 59.0 Å². The number of pyridine rings is 1. The van der Waals surface area contributed by atoms with E-state index in [9.17, 15) is 13.2 Å². The number of rotatable bonds is 8. The highest BCUT2D eigenvalue weighted by Crippen LogP contribution is 2.36. The van der Waals surface area contributed by atoms with Crippen molar-refractivity contribution in [3.8, 4) is 17.1 Å². The van der Waals surface area contributed by atoms with E-state index in [1.54, 1.807) is 37.4 Å². The highest BCUT2D eigenvalue weighted by atomic mass is 32.2. The molecule has 5 rings (SSSR count). The van der Waals surface area contributed by atoms with Crippen LogP contribution in [-0.2, 0) is 17.1 Å². The van der Waals surface area contributed by atoms with Gasteiger partial charge < -0.3 is 10.1 Å². The van der Waals surface area contributed by atoms with Crippen LogP contribution in [0.5, 0.6) is 5.88 Å². The first-order valence-corrected chi connectivity index (χ1v) is 14.1. The van der Waals surface area contributed by atoms with Gasteiger partial charge in [-0.15, -0.1) is 5.10 Å². The van der Waals surface area contributed by atoms with Gasteiger partial charge in [0, 0.05) is 48.9 Å². The van der Waals surface area contributed by atoms with E-state index in [0.717, 1.165) is 60.2 Å². The van der Waals surface area contributed by atoms with Crippen molar-refractivity contribution in [1.82, 2.24) is 29.3 Å². The van der Waals surface area contributed by atoms with Gasteiger partial charge in [0.25, 0.3) is 5.56 Å². The number of aromatic nitrogens is 5. The van der Waals surface area contributed by atoms with Crippen LogP contribution >= 0.6 is 0 Å². The summed E-state index contributed by atoms with van der Waals surface area (Å²) in [7, 11) is -0.525. The standard InChI is InChI=1S/C26H31N7O4S/c1-4-28-23-15-22-21(16-29-23)26(17-5-11-20(12-6-17)38(35,36)27-2)31-33(22)18-7-9-19(10-8-18)37-24-13-14-25(34)32(3)30-24/h5-6,11-16,18-19,27H,4,7-10H2,1-3H3,(H,28,29). The first-order valence-electron chi connectivity index (χ1n) is 12.7. The lowest BCUT2D eigenvalue weighted by atomic mass is 9.93. The number of benzene rings is 1. The number of nitrogens with one attached hydrogen (secondary N) is 2. The van der Waals surface area contributed by atoms with Gasteiger partial charge in [0.05, 0.1) is 16.5 Å². The summed E-state index contributed by atoms with van der Waals surface area (Å²) in [5.41, 5.74) is 2.38. The molecule has 0 spiro atoms. The normalized spacial score (nSPS) is 18.0. The first kappa shape index (κ1) is 25.9. The van der Waals surface area contributed by atoms with Crippen LogP contribution < -0.4 is 20.3 Å². The molecule has 4 aromatic rings. The predicted molar refractivity (Wildman–Crippen MR) is 145 cm³/mol. The zero-order chi connectivity index (χ0) is 26.9. The van der Waals surface area contributed by atoms with Gasteiger partial charge in [-0.2, -0.15) is 5.10 Å². The Balaban J connectivity index is 1.43. The van der Waals surface area contributed by atoms with Gasteiger partial charge >= 0.3 is 0 Å². The summed E-state index contributed by atoms with van der Waals surface area (Å²) in [5.74, 6) is 1.23. The van der Waals surface area contributed by atoms with Gasteiger partial charge in [0.1, 0.15) is 17.6 Å². The van der Waals surface area contributed by atoms with Gasteiger partial charge in [-0.05, 0) is 51.8 Å². The minimum Gasteiger partial charge on any atom is -0.473 e. The molecular weight excluding hydrogens is 506 g/mol. The molecule has 11 nitrogen and oxygen atoms in total. The van der Waals surface area contributed by atoms with Gasteiger partial charge in [-0.3, -0.25) is 9.48 Å². The third-order valence-electron chi connectivity index (χ3n) is 6.87. The lowest BCUT2D eigenvalue weighted by molar-refractivity contribution is 0.123. The third kappa shape index (κ3) is 5.14. The summed E-state index contributed by atoms with van der Waals surface area (Å²) < 4.78 is 36.1. The third-order valence-corrected chi connectivity index (χ3v) is 8.30. The molecule has 0 bridgehead atoms. The maximum atomic E-state index is 12.2. The predicted octanol–water partition coefficient (Wildman–Crippen LogP) is 3.09. The highest BCUT2D eigenvalue weighted by molar-refractivity contribution is 7.89. The maximum Gasteiger partial charge on any atom is 0.266 e. The number of hydrogen-bond acceptors (Lipinski definition) is 8. The molecule has 0 aliphatic heterocycles. The van der Waals surface area contributed by atoms with Crippen LogP contribution in [0.4, 0.5) is 5.82 Å². The second kappa shape index (κ2) is 10.5. The van der Waals surface area contributed by atoms with Crippen molar-refractivity contribution >= 4 is 26.7 Å². The molecule has 2 N–H and O–H groups in total. The maximum absolute atomic E-state index is 12.2. The van der Waals surface area contributed by atoms with E-state index in [2.05, 4.69) is 24.8 Å². The Morgan fingerprint density at radius 1 is 1.05 bits per heavy atom. The molecule has 1 fully saturated rings. The Bertz CT molecular complexity index is 1610. The minimum absolute atomic E-state index is 0.0122. The minimum atomic E-state index is -3.53. The van der Waals surface area contributed by atoms with Gasteiger partial charge in [0.2, 0.25) is 15.9 Å². The van der Waals surface area contributed by atoms with E-state index in [0.29, 0.717) is 5.88 Å². The van der Waals surface area contributed by atoms with Crippen molar-refractivity contribution in [1.29, 1.82) is 0 Å². The largest absolute Gasteiger partial charge is 0.473 e. The van der Waals surface area contributed by atoms with E-state index in [1.165, 1.54) is 17.8 Å². The Labute approximate surface area is 220 Å². The lowest BCUT2D eigenvalue weighted by Crippen LogP contribution is -2.27. The van der Waals surface area contributed by atoms with Crippen LogP contribution in [0.15, 0.2) is 58.4 Å². The lowest BCUT2D eigenvalue weighted by Gasteiger charge is -2.29. The Morgan fingerprint density at radius 2 is 1.79 bits per heavy atom. The van der Waals surface area contributed by atoms with E-state index in [4.69, 9.17) is 9.84 Å². The van der Waals surface area contributed by atoms with Crippen molar-refractivity contribution < 1.29 is 13.2 Å². The summed E-state index contributed by atoms with van der Waals surface area (Å²) in [5, 5.41) is 13.4. The average molecular weight is 538 g/mol. The number of fused-ring (bicyclic) bond motifs is 1. The zero-order valence-corrected chi connectivity index (χ0v) is 22.4. The summed E-state index contributed by atoms with van der Waals surface area (Å²) in [4.78, 5) is 16.4. The molecule has 1 aliphatic carbocycles. The van der Waals surface area contributed by atoms with Crippen LogP contribution in [-0.4, -0.2) is 52.7 Å². The molecule has 1 saturated carbocycles. The van der Waals surface area contributed by atoms with Gasteiger partial charge in [-0.1, -0.05) is 12.1 Å². The molecule has 1 aliphatic rings. The fourth-order valence-corrected chi connectivity index (χ4v) is 5.56.